The van der Waals surface area contributed by atoms with E-state index in [1.807, 2.05) is 11.6 Å². The summed E-state index contributed by atoms with van der Waals surface area (Å²) in [6.45, 7) is 0.502. The summed E-state index contributed by atoms with van der Waals surface area (Å²) in [6, 6.07) is 5.36. The van der Waals surface area contributed by atoms with Crippen LogP contribution >= 0.6 is 22.9 Å². The van der Waals surface area contributed by atoms with E-state index in [2.05, 4.69) is 25.7 Å². The number of carbonyl (C=O) groups is 2. The van der Waals surface area contributed by atoms with Gasteiger partial charge in [-0.1, -0.05) is 17.7 Å². The lowest BCUT2D eigenvalue weighted by Crippen LogP contribution is -2.33. The van der Waals surface area contributed by atoms with Crippen molar-refractivity contribution >= 4 is 40.4 Å². The smallest absolute Gasteiger partial charge is 0.270 e. The number of thiazole rings is 1. The van der Waals surface area contributed by atoms with Crippen LogP contribution in [0.3, 0.4) is 0 Å². The Morgan fingerprint density at radius 3 is 2.62 bits per heavy atom. The summed E-state index contributed by atoms with van der Waals surface area (Å²) >= 11 is 7.47. The first-order chi connectivity index (χ1) is 17.9. The quantitative estimate of drug-likeness (QED) is 0.349. The molecular formula is C25H23ClF2N6O2S. The monoisotopic (exact) mass is 544 g/mol. The number of nitrogens with one attached hydrogen (secondary N) is 2. The highest BCUT2D eigenvalue weighted by Gasteiger charge is 2.25. The van der Waals surface area contributed by atoms with Gasteiger partial charge in [-0.25, -0.2) is 23.3 Å². The molecule has 1 aliphatic carbocycles. The molecule has 1 aliphatic rings. The maximum atomic E-state index is 14.3. The normalized spacial score (nSPS) is 17.6. The van der Waals surface area contributed by atoms with E-state index in [1.54, 1.807) is 11.3 Å². The molecular weight excluding hydrogens is 522 g/mol. The summed E-state index contributed by atoms with van der Waals surface area (Å²) in [5.41, 5.74) is 0.194. The van der Waals surface area contributed by atoms with E-state index in [1.165, 1.54) is 24.3 Å². The molecule has 5 rings (SSSR count). The number of carbonyl (C=O) groups excluding carboxylic acids is 2. The number of nitrogens with zero attached hydrogens (tertiary/aromatic N) is 4. The first kappa shape index (κ1) is 25.2. The molecule has 3 aromatic heterocycles. The summed E-state index contributed by atoms with van der Waals surface area (Å²) < 4.78 is 28.8. The molecule has 0 atom stereocenters. The van der Waals surface area contributed by atoms with Gasteiger partial charge in [-0.15, -0.1) is 11.3 Å². The van der Waals surface area contributed by atoms with Gasteiger partial charge in [0, 0.05) is 36.7 Å². The van der Waals surface area contributed by atoms with Gasteiger partial charge in [0.2, 0.25) is 0 Å². The van der Waals surface area contributed by atoms with Crippen LogP contribution in [-0.2, 0) is 6.54 Å². The summed E-state index contributed by atoms with van der Waals surface area (Å²) in [7, 11) is 0. The summed E-state index contributed by atoms with van der Waals surface area (Å²) in [6.07, 6.45) is 6.73. The number of fused-ring (bicyclic) bond motifs is 1. The predicted molar refractivity (Wildman–Crippen MR) is 135 cm³/mol. The number of hydrogen-bond acceptors (Lipinski definition) is 6. The summed E-state index contributed by atoms with van der Waals surface area (Å²) in [4.78, 5) is 34.3. The molecule has 0 bridgehead atoms. The standard InChI is InChI=1S/C25H23ClF2N6O2S/c26-17-9-15(3-6-18(17)27)12-30-23(35)20-10-21(34-22(33-20)19(28)13-32-34)24(36)31-11-14-1-4-16(5-2-14)25-29-7-8-37-25/h3,6-10,13-14,16H,1-2,4-5,11-12H2,(H,30,35)(H,31,36)/t14-,16-. The lowest BCUT2D eigenvalue weighted by molar-refractivity contribution is 0.0935. The van der Waals surface area contributed by atoms with E-state index < -0.39 is 23.4 Å². The van der Waals surface area contributed by atoms with Crippen LogP contribution < -0.4 is 10.6 Å². The Labute approximate surface area is 220 Å². The topological polar surface area (TPSA) is 101 Å². The molecule has 1 aromatic carbocycles. The first-order valence-electron chi connectivity index (χ1n) is 11.8. The molecule has 2 amide bonds. The molecule has 37 heavy (non-hydrogen) atoms. The Hall–Kier alpha value is -3.44. The lowest BCUT2D eigenvalue weighted by Gasteiger charge is -2.27. The number of rotatable bonds is 7. The molecule has 8 nitrogen and oxygen atoms in total. The van der Waals surface area contributed by atoms with Crippen LogP contribution in [0, 0.1) is 17.6 Å². The Morgan fingerprint density at radius 1 is 1.08 bits per heavy atom. The zero-order chi connectivity index (χ0) is 25.9. The third-order valence-electron chi connectivity index (χ3n) is 6.53. The third-order valence-corrected chi connectivity index (χ3v) is 7.76. The minimum atomic E-state index is -0.755. The highest BCUT2D eigenvalue weighted by molar-refractivity contribution is 7.09. The molecule has 12 heteroatoms. The van der Waals surface area contributed by atoms with Crippen LogP contribution in [0.5, 0.6) is 0 Å². The van der Waals surface area contributed by atoms with E-state index in [9.17, 15) is 18.4 Å². The fraction of sp³-hybridized carbons (Fsp3) is 0.320. The van der Waals surface area contributed by atoms with Crippen molar-refractivity contribution in [3.05, 3.63) is 80.7 Å². The molecule has 2 N–H and O–H groups in total. The van der Waals surface area contributed by atoms with Gasteiger partial charge in [0.15, 0.2) is 11.5 Å². The molecule has 0 spiro atoms. The van der Waals surface area contributed by atoms with Crippen molar-refractivity contribution < 1.29 is 18.4 Å². The maximum absolute atomic E-state index is 14.3. The fourth-order valence-corrected chi connectivity index (χ4v) is 5.53. The van der Waals surface area contributed by atoms with Crippen LogP contribution in [-0.4, -0.2) is 37.9 Å². The van der Waals surface area contributed by atoms with E-state index >= 15 is 0 Å². The zero-order valence-corrected chi connectivity index (χ0v) is 21.2. The molecule has 3 heterocycles. The molecule has 0 unspecified atom stereocenters. The largest absolute Gasteiger partial charge is 0.350 e. The highest BCUT2D eigenvalue weighted by Crippen LogP contribution is 2.36. The molecule has 192 valence electrons. The fourth-order valence-electron chi connectivity index (χ4n) is 4.51. The van der Waals surface area contributed by atoms with Crippen molar-refractivity contribution in [3.63, 3.8) is 0 Å². The van der Waals surface area contributed by atoms with E-state index in [0.29, 0.717) is 23.9 Å². The Morgan fingerprint density at radius 2 is 1.89 bits per heavy atom. The van der Waals surface area contributed by atoms with Crippen molar-refractivity contribution in [2.45, 2.75) is 38.1 Å². The molecule has 4 aromatic rings. The van der Waals surface area contributed by atoms with Gasteiger partial charge >= 0.3 is 0 Å². The Bertz CT molecular complexity index is 1440. The molecule has 0 saturated heterocycles. The minimum absolute atomic E-state index is 0.000322. The molecule has 1 fully saturated rings. The SMILES string of the molecule is O=C(NCc1ccc(F)c(Cl)c1)c1cc(C(=O)NC[C@H]2CC[C@H](c3nccs3)CC2)n2ncc(F)c2n1. The third kappa shape index (κ3) is 5.62. The van der Waals surface area contributed by atoms with Crippen molar-refractivity contribution in [2.24, 2.45) is 5.92 Å². The van der Waals surface area contributed by atoms with E-state index in [-0.39, 0.29) is 28.6 Å². The number of aromatic nitrogens is 4. The van der Waals surface area contributed by atoms with Crippen molar-refractivity contribution in [3.8, 4) is 0 Å². The Balaban J connectivity index is 1.25. The number of amides is 2. The molecule has 1 saturated carbocycles. The Kier molecular flexibility index (Phi) is 7.43. The minimum Gasteiger partial charge on any atom is -0.350 e. The lowest BCUT2D eigenvalue weighted by atomic mass is 9.82. The van der Waals surface area contributed by atoms with Crippen LogP contribution in [0.25, 0.3) is 5.65 Å². The van der Waals surface area contributed by atoms with Crippen LogP contribution in [0.15, 0.2) is 42.0 Å². The van der Waals surface area contributed by atoms with Crippen LogP contribution in [0.2, 0.25) is 5.02 Å². The van der Waals surface area contributed by atoms with Gasteiger partial charge in [0.1, 0.15) is 17.2 Å². The van der Waals surface area contributed by atoms with Gasteiger partial charge in [-0.3, -0.25) is 9.59 Å². The molecule has 0 radical (unpaired) electrons. The average molecular weight is 545 g/mol. The van der Waals surface area contributed by atoms with Gasteiger partial charge < -0.3 is 10.6 Å². The number of benzene rings is 1. The number of hydrogen-bond donors (Lipinski definition) is 2. The van der Waals surface area contributed by atoms with Crippen molar-refractivity contribution in [1.82, 2.24) is 30.2 Å². The molecule has 0 aliphatic heterocycles. The van der Waals surface area contributed by atoms with Crippen molar-refractivity contribution in [2.75, 3.05) is 6.54 Å². The summed E-state index contributed by atoms with van der Waals surface area (Å²) in [5.74, 6) is -1.64. The first-order valence-corrected chi connectivity index (χ1v) is 13.1. The second kappa shape index (κ2) is 10.9. The van der Waals surface area contributed by atoms with Gasteiger partial charge in [0.25, 0.3) is 11.8 Å². The summed E-state index contributed by atoms with van der Waals surface area (Å²) in [5, 5.41) is 12.5. The van der Waals surface area contributed by atoms with Gasteiger partial charge in [-0.2, -0.15) is 5.10 Å². The zero-order valence-electron chi connectivity index (χ0n) is 19.6. The van der Waals surface area contributed by atoms with Crippen LogP contribution in [0.1, 0.15) is 63.1 Å². The second-order valence-corrected chi connectivity index (χ2v) is 10.3. The van der Waals surface area contributed by atoms with Gasteiger partial charge in [0.05, 0.1) is 16.2 Å². The van der Waals surface area contributed by atoms with Gasteiger partial charge in [-0.05, 0) is 49.3 Å². The average Bonchev–Trinajstić information content (AvgIpc) is 3.58. The maximum Gasteiger partial charge on any atom is 0.270 e. The highest BCUT2D eigenvalue weighted by atomic mass is 35.5. The van der Waals surface area contributed by atoms with E-state index in [4.69, 9.17) is 11.6 Å². The van der Waals surface area contributed by atoms with E-state index in [0.717, 1.165) is 41.4 Å². The second-order valence-electron chi connectivity index (χ2n) is 8.98. The van der Waals surface area contributed by atoms with Crippen molar-refractivity contribution in [1.29, 1.82) is 0 Å². The predicted octanol–water partition coefficient (Wildman–Crippen LogP) is 4.75. The van der Waals surface area contributed by atoms with Crippen LogP contribution in [0.4, 0.5) is 8.78 Å². The number of halogens is 3.